The lowest BCUT2D eigenvalue weighted by molar-refractivity contribution is 0.319. The topological polar surface area (TPSA) is 12.0 Å². The molecule has 1 aliphatic rings. The van der Waals surface area contributed by atoms with Crippen LogP contribution in [0, 0.1) is 5.92 Å². The molecule has 0 spiro atoms. The highest BCUT2D eigenvalue weighted by atomic mass is 35.5. The Morgan fingerprint density at radius 1 is 1.33 bits per heavy atom. The van der Waals surface area contributed by atoms with Crippen LogP contribution in [0.5, 0.6) is 0 Å². The number of thiophene rings is 1. The summed E-state index contributed by atoms with van der Waals surface area (Å²) in [6.45, 7) is 4.67. The first-order chi connectivity index (χ1) is 8.40. The molecule has 1 fully saturated rings. The molecule has 18 heavy (non-hydrogen) atoms. The van der Waals surface area contributed by atoms with Gasteiger partial charge < -0.3 is 5.32 Å². The minimum atomic E-state index is 0. The normalized spacial score (nSPS) is 23.8. The Balaban J connectivity index is 0.00000120. The lowest BCUT2D eigenvalue weighted by Gasteiger charge is -2.32. The van der Waals surface area contributed by atoms with Crippen LogP contribution < -0.4 is 5.32 Å². The third-order valence-electron chi connectivity index (χ3n) is 4.04. The van der Waals surface area contributed by atoms with Gasteiger partial charge in [0.25, 0.3) is 0 Å². The van der Waals surface area contributed by atoms with Gasteiger partial charge >= 0.3 is 0 Å². The highest BCUT2D eigenvalue weighted by Gasteiger charge is 2.26. The van der Waals surface area contributed by atoms with Crippen LogP contribution in [0.4, 0.5) is 0 Å². The summed E-state index contributed by atoms with van der Waals surface area (Å²) in [6, 6.07) is 9.04. The molecule has 2 atom stereocenters. The summed E-state index contributed by atoms with van der Waals surface area (Å²) in [5.41, 5.74) is 1.59. The van der Waals surface area contributed by atoms with Crippen molar-refractivity contribution in [3.05, 3.63) is 35.2 Å². The molecule has 1 aromatic carbocycles. The minimum absolute atomic E-state index is 0. The van der Waals surface area contributed by atoms with Gasteiger partial charge in [-0.25, -0.2) is 0 Å². The SMILES string of the molecule is CC[C@@H]1CNCC[C@@H]1c1cccc2ccsc12.Cl. The van der Waals surface area contributed by atoms with Crippen molar-refractivity contribution in [2.45, 2.75) is 25.7 Å². The van der Waals surface area contributed by atoms with Crippen LogP contribution in [-0.2, 0) is 0 Å². The molecule has 0 radical (unpaired) electrons. The van der Waals surface area contributed by atoms with Crippen LogP contribution >= 0.6 is 23.7 Å². The van der Waals surface area contributed by atoms with Crippen molar-refractivity contribution in [3.63, 3.8) is 0 Å². The highest BCUT2D eigenvalue weighted by Crippen LogP contribution is 2.38. The van der Waals surface area contributed by atoms with Crippen molar-refractivity contribution in [1.29, 1.82) is 0 Å². The second-order valence-electron chi connectivity index (χ2n) is 4.95. The molecule has 0 amide bonds. The number of halogens is 1. The Kier molecular flexibility index (Phi) is 4.66. The highest BCUT2D eigenvalue weighted by molar-refractivity contribution is 7.17. The van der Waals surface area contributed by atoms with Gasteiger partial charge in [0.15, 0.2) is 0 Å². The zero-order valence-electron chi connectivity index (χ0n) is 10.7. The molecule has 0 saturated carbocycles. The van der Waals surface area contributed by atoms with E-state index in [4.69, 9.17) is 0 Å². The lowest BCUT2D eigenvalue weighted by atomic mass is 9.79. The molecule has 0 aliphatic carbocycles. The monoisotopic (exact) mass is 281 g/mol. The number of piperidine rings is 1. The van der Waals surface area contributed by atoms with Crippen LogP contribution in [-0.4, -0.2) is 13.1 Å². The lowest BCUT2D eigenvalue weighted by Crippen LogP contribution is -2.35. The molecule has 2 heterocycles. The van der Waals surface area contributed by atoms with Gasteiger partial charge in [0.05, 0.1) is 0 Å². The van der Waals surface area contributed by atoms with Gasteiger partial charge in [-0.2, -0.15) is 0 Å². The predicted octanol–water partition coefficient (Wildman–Crippen LogP) is 4.43. The molecular weight excluding hydrogens is 262 g/mol. The Morgan fingerprint density at radius 2 is 2.22 bits per heavy atom. The standard InChI is InChI=1S/C15H19NS.ClH/c1-2-11-10-16-8-6-13(11)14-5-3-4-12-7-9-17-15(12)14;/h3-5,7,9,11,13,16H,2,6,8,10H2,1H3;1H/t11-,13+;/m1./s1. The molecule has 0 bridgehead atoms. The maximum atomic E-state index is 3.53. The smallest absolute Gasteiger partial charge is 0.0377 e. The summed E-state index contributed by atoms with van der Waals surface area (Å²) in [5.74, 6) is 1.56. The van der Waals surface area contributed by atoms with E-state index in [1.807, 2.05) is 11.3 Å². The van der Waals surface area contributed by atoms with Crippen molar-refractivity contribution >= 4 is 33.8 Å². The van der Waals surface area contributed by atoms with E-state index in [1.165, 1.54) is 36.0 Å². The molecule has 98 valence electrons. The van der Waals surface area contributed by atoms with Gasteiger partial charge in [-0.05, 0) is 53.7 Å². The van der Waals surface area contributed by atoms with E-state index in [-0.39, 0.29) is 12.4 Å². The van der Waals surface area contributed by atoms with Gasteiger partial charge in [-0.3, -0.25) is 0 Å². The summed E-state index contributed by atoms with van der Waals surface area (Å²) in [6.07, 6.45) is 2.56. The van der Waals surface area contributed by atoms with E-state index in [9.17, 15) is 0 Å². The van der Waals surface area contributed by atoms with E-state index >= 15 is 0 Å². The van der Waals surface area contributed by atoms with Crippen LogP contribution in [0.25, 0.3) is 10.1 Å². The van der Waals surface area contributed by atoms with Crippen LogP contribution in [0.3, 0.4) is 0 Å². The number of hydrogen-bond acceptors (Lipinski definition) is 2. The van der Waals surface area contributed by atoms with E-state index in [2.05, 4.69) is 41.9 Å². The van der Waals surface area contributed by atoms with Crippen molar-refractivity contribution in [3.8, 4) is 0 Å². The first kappa shape index (κ1) is 13.9. The Morgan fingerprint density at radius 3 is 3.06 bits per heavy atom. The molecule has 2 aromatic rings. The van der Waals surface area contributed by atoms with Gasteiger partial charge in [0.1, 0.15) is 0 Å². The summed E-state index contributed by atoms with van der Waals surface area (Å²) < 4.78 is 1.51. The first-order valence-corrected chi connectivity index (χ1v) is 7.45. The molecule has 1 nitrogen and oxygen atoms in total. The van der Waals surface area contributed by atoms with E-state index in [0.717, 1.165) is 11.8 Å². The first-order valence-electron chi connectivity index (χ1n) is 6.57. The van der Waals surface area contributed by atoms with E-state index in [0.29, 0.717) is 0 Å². The van der Waals surface area contributed by atoms with E-state index < -0.39 is 0 Å². The van der Waals surface area contributed by atoms with Crippen LogP contribution in [0.15, 0.2) is 29.6 Å². The second kappa shape index (κ2) is 6.05. The molecule has 1 aromatic heterocycles. The Hall–Kier alpha value is -0.570. The largest absolute Gasteiger partial charge is 0.316 e. The molecule has 1 N–H and O–H groups in total. The Bertz CT molecular complexity index is 508. The quantitative estimate of drug-likeness (QED) is 0.859. The minimum Gasteiger partial charge on any atom is -0.316 e. The molecule has 0 unspecified atom stereocenters. The molecule has 1 saturated heterocycles. The number of nitrogens with one attached hydrogen (secondary N) is 1. The number of hydrogen-bond donors (Lipinski definition) is 1. The maximum absolute atomic E-state index is 3.53. The molecule has 3 rings (SSSR count). The van der Waals surface area contributed by atoms with Crippen molar-refractivity contribution in [1.82, 2.24) is 5.32 Å². The summed E-state index contributed by atoms with van der Waals surface area (Å²) >= 11 is 1.90. The summed E-state index contributed by atoms with van der Waals surface area (Å²) in [7, 11) is 0. The molecular formula is C15H20ClNS. The van der Waals surface area contributed by atoms with Gasteiger partial charge in [0, 0.05) is 4.70 Å². The fraction of sp³-hybridized carbons (Fsp3) is 0.467. The zero-order valence-corrected chi connectivity index (χ0v) is 12.3. The average Bonchev–Trinajstić information content (AvgIpc) is 2.86. The molecule has 1 aliphatic heterocycles. The number of fused-ring (bicyclic) bond motifs is 1. The van der Waals surface area contributed by atoms with Gasteiger partial charge in [-0.15, -0.1) is 23.7 Å². The summed E-state index contributed by atoms with van der Waals surface area (Å²) in [5, 5.41) is 7.17. The zero-order chi connectivity index (χ0) is 11.7. The number of benzene rings is 1. The summed E-state index contributed by atoms with van der Waals surface area (Å²) in [4.78, 5) is 0. The fourth-order valence-corrected chi connectivity index (χ4v) is 4.05. The van der Waals surface area contributed by atoms with E-state index in [1.54, 1.807) is 5.56 Å². The van der Waals surface area contributed by atoms with Crippen LogP contribution in [0.1, 0.15) is 31.2 Å². The van der Waals surface area contributed by atoms with Crippen molar-refractivity contribution < 1.29 is 0 Å². The Labute approximate surface area is 119 Å². The number of rotatable bonds is 2. The second-order valence-corrected chi connectivity index (χ2v) is 5.87. The van der Waals surface area contributed by atoms with Crippen LogP contribution in [0.2, 0.25) is 0 Å². The average molecular weight is 282 g/mol. The third kappa shape index (κ3) is 2.42. The predicted molar refractivity (Wildman–Crippen MR) is 83.1 cm³/mol. The maximum Gasteiger partial charge on any atom is 0.0377 e. The van der Waals surface area contributed by atoms with Gasteiger partial charge in [0.2, 0.25) is 0 Å². The van der Waals surface area contributed by atoms with Gasteiger partial charge in [-0.1, -0.05) is 31.5 Å². The molecule has 3 heteroatoms. The fourth-order valence-electron chi connectivity index (χ4n) is 3.07. The van der Waals surface area contributed by atoms with Crippen molar-refractivity contribution in [2.75, 3.05) is 13.1 Å². The third-order valence-corrected chi connectivity index (χ3v) is 5.02. The van der Waals surface area contributed by atoms with Crippen molar-refractivity contribution in [2.24, 2.45) is 5.92 Å².